The fourth-order valence-corrected chi connectivity index (χ4v) is 4.09. The van der Waals surface area contributed by atoms with Crippen molar-refractivity contribution in [3.8, 4) is 0 Å². The van der Waals surface area contributed by atoms with Crippen molar-refractivity contribution in [1.29, 1.82) is 0 Å². The summed E-state index contributed by atoms with van der Waals surface area (Å²) in [6.45, 7) is 1.45. The lowest BCUT2D eigenvalue weighted by Crippen LogP contribution is -2.52. The van der Waals surface area contributed by atoms with E-state index in [9.17, 15) is 34.1 Å². The summed E-state index contributed by atoms with van der Waals surface area (Å²) in [6.07, 6.45) is 2.25. The number of hydrogen-bond acceptors (Lipinski definition) is 8. The van der Waals surface area contributed by atoms with Gasteiger partial charge in [-0.05, 0) is 30.0 Å². The molecule has 0 saturated heterocycles. The Bertz CT molecular complexity index is 1280. The molecule has 1 aliphatic heterocycles. The largest absolute Gasteiger partial charge is 0.353 e. The Morgan fingerprint density at radius 2 is 1.59 bits per heavy atom. The summed E-state index contributed by atoms with van der Waals surface area (Å²) < 4.78 is 0. The van der Waals surface area contributed by atoms with Crippen molar-refractivity contribution in [1.82, 2.24) is 21.0 Å². The third-order valence-corrected chi connectivity index (χ3v) is 6.20. The van der Waals surface area contributed by atoms with Crippen molar-refractivity contribution in [2.45, 2.75) is 45.1 Å². The van der Waals surface area contributed by atoms with E-state index in [1.165, 1.54) is 17.1 Å². The number of imide groups is 1. The number of carbonyl (C=O) groups excluding carboxylic acids is 5. The molecule has 39 heavy (non-hydrogen) atoms. The van der Waals surface area contributed by atoms with Crippen LogP contribution in [0, 0.1) is 10.1 Å². The van der Waals surface area contributed by atoms with Crippen molar-refractivity contribution >= 4 is 35.2 Å². The third-order valence-electron chi connectivity index (χ3n) is 6.20. The number of nitrogens with one attached hydrogen (secondary N) is 3. The van der Waals surface area contributed by atoms with Crippen LogP contribution in [-0.2, 0) is 27.2 Å². The fourth-order valence-electron chi connectivity index (χ4n) is 4.09. The molecule has 0 radical (unpaired) electrons. The highest BCUT2D eigenvalue weighted by Crippen LogP contribution is 2.26. The van der Waals surface area contributed by atoms with E-state index in [-0.39, 0.29) is 48.7 Å². The predicted octanol–water partition coefficient (Wildman–Crippen LogP) is 1.27. The van der Waals surface area contributed by atoms with Crippen LogP contribution in [0.5, 0.6) is 0 Å². The van der Waals surface area contributed by atoms with Crippen molar-refractivity contribution in [2.75, 3.05) is 13.1 Å². The molecule has 3 rings (SSSR count). The fraction of sp³-hybridized carbons (Fsp3) is 0.346. The van der Waals surface area contributed by atoms with Gasteiger partial charge in [-0.1, -0.05) is 37.6 Å². The molecular formula is C26H29N5O8. The number of rotatable bonds is 13. The molecule has 1 heterocycles. The lowest BCUT2D eigenvalue weighted by Gasteiger charge is -2.19. The van der Waals surface area contributed by atoms with E-state index in [2.05, 4.69) is 17.6 Å². The van der Waals surface area contributed by atoms with Crippen molar-refractivity contribution in [3.63, 3.8) is 0 Å². The van der Waals surface area contributed by atoms with Gasteiger partial charge in [-0.2, -0.15) is 0 Å². The maximum Gasteiger partial charge on any atom is 0.270 e. The second-order valence-electron chi connectivity index (χ2n) is 8.97. The van der Waals surface area contributed by atoms with Crippen LogP contribution in [-0.4, -0.2) is 63.7 Å². The zero-order valence-electron chi connectivity index (χ0n) is 21.3. The lowest BCUT2D eigenvalue weighted by atomic mass is 10.0. The van der Waals surface area contributed by atoms with Crippen LogP contribution in [0.3, 0.4) is 0 Å². The average Bonchev–Trinajstić information content (AvgIpc) is 3.17. The number of nitro groups is 1. The van der Waals surface area contributed by atoms with E-state index in [0.717, 1.165) is 35.4 Å². The van der Waals surface area contributed by atoms with Gasteiger partial charge in [-0.25, -0.2) is 5.48 Å². The average molecular weight is 540 g/mol. The first kappa shape index (κ1) is 28.9. The van der Waals surface area contributed by atoms with Crippen LogP contribution in [0.25, 0.3) is 0 Å². The summed E-state index contributed by atoms with van der Waals surface area (Å²) in [4.78, 5) is 72.9. The highest BCUT2D eigenvalue weighted by atomic mass is 16.6. The SMILES string of the molecule is CCCc1ccc(CCC(=O)NC[C@H](NC(=O)CCN2C(=O)c3ccc([N+](=O)[O-])cc3C2=O)C(=O)NO)cc1. The first-order valence-electron chi connectivity index (χ1n) is 12.4. The number of aryl methyl sites for hydroxylation is 2. The Morgan fingerprint density at radius 1 is 0.949 bits per heavy atom. The minimum Gasteiger partial charge on any atom is -0.353 e. The second kappa shape index (κ2) is 13.2. The molecule has 0 aromatic heterocycles. The van der Waals surface area contributed by atoms with Crippen LogP contribution in [0.1, 0.15) is 58.0 Å². The molecular weight excluding hydrogens is 510 g/mol. The van der Waals surface area contributed by atoms with E-state index >= 15 is 0 Å². The van der Waals surface area contributed by atoms with Crippen LogP contribution >= 0.6 is 0 Å². The molecule has 0 unspecified atom stereocenters. The Morgan fingerprint density at radius 3 is 2.21 bits per heavy atom. The van der Waals surface area contributed by atoms with Gasteiger partial charge in [0.05, 0.1) is 16.1 Å². The van der Waals surface area contributed by atoms with E-state index in [1.807, 2.05) is 24.3 Å². The standard InChI is InChI=1S/C26H29N5O8/c1-2-3-16-4-6-17(7-5-16)8-11-22(32)27-15-21(24(34)29-37)28-23(33)12-13-30-25(35)19-10-9-18(31(38)39)14-20(19)26(30)36/h4-7,9-10,14,21,37H,2-3,8,11-13,15H2,1H3,(H,27,32)(H,28,33)(H,29,34)/t21-/m0/s1. The Hall–Kier alpha value is -4.65. The van der Waals surface area contributed by atoms with Crippen LogP contribution in [0.15, 0.2) is 42.5 Å². The molecule has 13 heteroatoms. The molecule has 2 aromatic rings. The number of hydrogen-bond donors (Lipinski definition) is 4. The summed E-state index contributed by atoms with van der Waals surface area (Å²) in [6, 6.07) is 9.91. The Kier molecular flexibility index (Phi) is 9.81. The molecule has 0 aliphatic carbocycles. The molecule has 206 valence electrons. The van der Waals surface area contributed by atoms with Crippen LogP contribution in [0.2, 0.25) is 0 Å². The summed E-state index contributed by atoms with van der Waals surface area (Å²) in [7, 11) is 0. The number of amides is 5. The summed E-state index contributed by atoms with van der Waals surface area (Å²) >= 11 is 0. The minimum absolute atomic E-state index is 0.0110. The maximum atomic E-state index is 12.6. The molecule has 1 aliphatic rings. The minimum atomic E-state index is -1.32. The molecule has 0 saturated carbocycles. The van der Waals surface area contributed by atoms with E-state index in [4.69, 9.17) is 5.21 Å². The first-order valence-corrected chi connectivity index (χ1v) is 12.4. The zero-order chi connectivity index (χ0) is 28.5. The third kappa shape index (κ3) is 7.45. The van der Waals surface area contributed by atoms with E-state index in [0.29, 0.717) is 6.42 Å². The molecule has 2 aromatic carbocycles. The molecule has 0 fully saturated rings. The number of hydroxylamine groups is 1. The number of fused-ring (bicyclic) bond motifs is 1. The molecule has 13 nitrogen and oxygen atoms in total. The number of non-ortho nitro benzene ring substituents is 1. The van der Waals surface area contributed by atoms with Gasteiger partial charge in [-0.3, -0.25) is 44.2 Å². The lowest BCUT2D eigenvalue weighted by molar-refractivity contribution is -0.384. The zero-order valence-corrected chi connectivity index (χ0v) is 21.3. The van der Waals surface area contributed by atoms with Crippen LogP contribution < -0.4 is 16.1 Å². The summed E-state index contributed by atoms with van der Waals surface area (Å²) in [5.41, 5.74) is 3.13. The molecule has 4 N–H and O–H groups in total. The van der Waals surface area contributed by atoms with E-state index < -0.39 is 34.6 Å². The van der Waals surface area contributed by atoms with Gasteiger partial charge < -0.3 is 10.6 Å². The van der Waals surface area contributed by atoms with Gasteiger partial charge in [0.1, 0.15) is 6.04 Å². The number of benzene rings is 2. The van der Waals surface area contributed by atoms with Gasteiger partial charge in [0, 0.05) is 38.1 Å². The molecule has 5 amide bonds. The predicted molar refractivity (Wildman–Crippen MR) is 137 cm³/mol. The van der Waals surface area contributed by atoms with Crippen molar-refractivity contribution in [3.05, 3.63) is 74.8 Å². The first-order chi connectivity index (χ1) is 18.6. The molecule has 0 spiro atoms. The Labute approximate surface area is 223 Å². The number of carbonyl (C=O) groups is 5. The summed E-state index contributed by atoms with van der Waals surface area (Å²) in [5, 5.41) is 24.9. The van der Waals surface area contributed by atoms with Gasteiger partial charge in [0.2, 0.25) is 11.8 Å². The second-order valence-corrected chi connectivity index (χ2v) is 8.97. The highest BCUT2D eigenvalue weighted by Gasteiger charge is 2.37. The smallest absolute Gasteiger partial charge is 0.270 e. The Balaban J connectivity index is 1.49. The van der Waals surface area contributed by atoms with Crippen LogP contribution in [0.4, 0.5) is 5.69 Å². The van der Waals surface area contributed by atoms with Crippen molar-refractivity contribution < 1.29 is 34.1 Å². The number of nitro benzene ring substituents is 1. The van der Waals surface area contributed by atoms with Gasteiger partial charge in [0.25, 0.3) is 23.4 Å². The molecule has 0 bridgehead atoms. The molecule has 1 atom stereocenters. The normalized spacial score (nSPS) is 13.0. The van der Waals surface area contributed by atoms with Gasteiger partial charge in [-0.15, -0.1) is 0 Å². The highest BCUT2D eigenvalue weighted by molar-refractivity contribution is 6.21. The van der Waals surface area contributed by atoms with Crippen molar-refractivity contribution in [2.24, 2.45) is 0 Å². The topological polar surface area (TPSA) is 188 Å². The number of nitrogens with zero attached hydrogens (tertiary/aromatic N) is 2. The van der Waals surface area contributed by atoms with Gasteiger partial charge in [0.15, 0.2) is 0 Å². The van der Waals surface area contributed by atoms with E-state index in [1.54, 1.807) is 0 Å². The monoisotopic (exact) mass is 539 g/mol. The maximum absolute atomic E-state index is 12.6. The van der Waals surface area contributed by atoms with Gasteiger partial charge >= 0.3 is 0 Å². The summed E-state index contributed by atoms with van der Waals surface area (Å²) in [5.74, 6) is -3.54. The quantitative estimate of drug-likeness (QED) is 0.127.